The van der Waals surface area contributed by atoms with Crippen LogP contribution in [0.2, 0.25) is 0 Å². The van der Waals surface area contributed by atoms with E-state index in [0.29, 0.717) is 20.9 Å². The third kappa shape index (κ3) is 5.18. The summed E-state index contributed by atoms with van der Waals surface area (Å²) in [5.74, 6) is 0.230. The van der Waals surface area contributed by atoms with E-state index in [-0.39, 0.29) is 17.5 Å². The summed E-state index contributed by atoms with van der Waals surface area (Å²) in [5, 5.41) is 14.6. The highest BCUT2D eigenvalue weighted by Crippen LogP contribution is 2.31. The zero-order valence-electron chi connectivity index (χ0n) is 14.7. The number of para-hydroxylation sites is 2. The SMILES string of the molecule is COc1ccccc1Nc1nnc(SCC(=O)Nc2cc(F)ccc2C)s1. The molecule has 0 aliphatic carbocycles. The lowest BCUT2D eigenvalue weighted by Gasteiger charge is -2.07. The maximum absolute atomic E-state index is 13.3. The van der Waals surface area contributed by atoms with Crippen LogP contribution in [-0.2, 0) is 4.79 Å². The minimum absolute atomic E-state index is 0.152. The number of aromatic nitrogens is 2. The van der Waals surface area contributed by atoms with E-state index in [2.05, 4.69) is 20.8 Å². The van der Waals surface area contributed by atoms with Gasteiger partial charge in [0, 0.05) is 5.69 Å². The normalized spacial score (nSPS) is 10.5. The van der Waals surface area contributed by atoms with Crippen molar-refractivity contribution >= 4 is 45.5 Å². The number of anilines is 3. The smallest absolute Gasteiger partial charge is 0.234 e. The Morgan fingerprint density at radius 2 is 2.04 bits per heavy atom. The molecular formula is C18H17FN4O2S2. The molecule has 1 amide bonds. The third-order valence-corrected chi connectivity index (χ3v) is 5.53. The first-order valence-corrected chi connectivity index (χ1v) is 9.77. The van der Waals surface area contributed by atoms with Crippen LogP contribution in [0.25, 0.3) is 0 Å². The number of benzene rings is 2. The van der Waals surface area contributed by atoms with Crippen LogP contribution in [-0.4, -0.2) is 29.0 Å². The van der Waals surface area contributed by atoms with Gasteiger partial charge in [0.05, 0.1) is 18.6 Å². The van der Waals surface area contributed by atoms with Crippen molar-refractivity contribution in [2.45, 2.75) is 11.3 Å². The number of nitrogens with one attached hydrogen (secondary N) is 2. The largest absolute Gasteiger partial charge is 0.495 e. The summed E-state index contributed by atoms with van der Waals surface area (Å²) in [6.07, 6.45) is 0. The summed E-state index contributed by atoms with van der Waals surface area (Å²) in [6.45, 7) is 1.81. The number of thioether (sulfide) groups is 1. The second kappa shape index (κ2) is 8.83. The average Bonchev–Trinajstić information content (AvgIpc) is 3.11. The highest BCUT2D eigenvalue weighted by molar-refractivity contribution is 8.01. The number of aryl methyl sites for hydroxylation is 1. The van der Waals surface area contributed by atoms with Crippen molar-refractivity contribution < 1.29 is 13.9 Å². The Morgan fingerprint density at radius 3 is 2.85 bits per heavy atom. The van der Waals surface area contributed by atoms with E-state index in [1.54, 1.807) is 13.2 Å². The van der Waals surface area contributed by atoms with E-state index in [9.17, 15) is 9.18 Å². The van der Waals surface area contributed by atoms with Gasteiger partial charge in [-0.3, -0.25) is 4.79 Å². The highest BCUT2D eigenvalue weighted by atomic mass is 32.2. The lowest BCUT2D eigenvalue weighted by atomic mass is 10.2. The molecule has 0 saturated carbocycles. The van der Waals surface area contributed by atoms with E-state index in [1.807, 2.05) is 31.2 Å². The first-order chi connectivity index (χ1) is 13.0. The molecule has 0 saturated heterocycles. The molecule has 0 spiro atoms. The molecule has 0 radical (unpaired) electrons. The predicted octanol–water partition coefficient (Wildman–Crippen LogP) is 4.47. The number of hydrogen-bond donors (Lipinski definition) is 2. The zero-order valence-corrected chi connectivity index (χ0v) is 16.3. The van der Waals surface area contributed by atoms with Crippen LogP contribution >= 0.6 is 23.1 Å². The summed E-state index contributed by atoms with van der Waals surface area (Å²) in [7, 11) is 1.60. The van der Waals surface area contributed by atoms with Gasteiger partial charge in [0.2, 0.25) is 11.0 Å². The molecule has 2 aromatic carbocycles. The van der Waals surface area contributed by atoms with E-state index < -0.39 is 0 Å². The lowest BCUT2D eigenvalue weighted by Crippen LogP contribution is -2.14. The monoisotopic (exact) mass is 404 g/mol. The van der Waals surface area contributed by atoms with Crippen LogP contribution in [0.3, 0.4) is 0 Å². The van der Waals surface area contributed by atoms with Gasteiger partial charge in [-0.1, -0.05) is 41.3 Å². The number of hydrogen-bond acceptors (Lipinski definition) is 7. The van der Waals surface area contributed by atoms with Gasteiger partial charge in [-0.05, 0) is 36.8 Å². The maximum Gasteiger partial charge on any atom is 0.234 e. The van der Waals surface area contributed by atoms with Gasteiger partial charge < -0.3 is 15.4 Å². The molecule has 140 valence electrons. The van der Waals surface area contributed by atoms with Crippen LogP contribution in [0.5, 0.6) is 5.75 Å². The first-order valence-electron chi connectivity index (χ1n) is 7.97. The van der Waals surface area contributed by atoms with Crippen molar-refractivity contribution in [3.05, 3.63) is 53.8 Å². The fourth-order valence-corrected chi connectivity index (χ4v) is 3.79. The van der Waals surface area contributed by atoms with Crippen molar-refractivity contribution in [1.82, 2.24) is 10.2 Å². The highest BCUT2D eigenvalue weighted by Gasteiger charge is 2.11. The van der Waals surface area contributed by atoms with Crippen molar-refractivity contribution in [2.75, 3.05) is 23.5 Å². The van der Waals surface area contributed by atoms with E-state index in [4.69, 9.17) is 4.74 Å². The van der Waals surface area contributed by atoms with Crippen LogP contribution in [0, 0.1) is 12.7 Å². The number of carbonyl (C=O) groups is 1. The molecule has 3 rings (SSSR count). The zero-order chi connectivity index (χ0) is 19.2. The van der Waals surface area contributed by atoms with Gasteiger partial charge in [0.1, 0.15) is 11.6 Å². The molecular weight excluding hydrogens is 387 g/mol. The van der Waals surface area contributed by atoms with Crippen molar-refractivity contribution in [2.24, 2.45) is 0 Å². The van der Waals surface area contributed by atoms with Crippen molar-refractivity contribution in [3.63, 3.8) is 0 Å². The number of rotatable bonds is 7. The van der Waals surface area contributed by atoms with E-state index in [0.717, 1.165) is 11.3 Å². The molecule has 6 nitrogen and oxygen atoms in total. The Hall–Kier alpha value is -2.65. The summed E-state index contributed by atoms with van der Waals surface area (Å²) in [6, 6.07) is 11.8. The van der Waals surface area contributed by atoms with Crippen molar-refractivity contribution in [3.8, 4) is 5.75 Å². The molecule has 27 heavy (non-hydrogen) atoms. The minimum atomic E-state index is -0.389. The van der Waals surface area contributed by atoms with Gasteiger partial charge >= 0.3 is 0 Å². The van der Waals surface area contributed by atoms with Gasteiger partial charge in [-0.2, -0.15) is 0 Å². The predicted molar refractivity (Wildman–Crippen MR) is 107 cm³/mol. The summed E-state index contributed by atoms with van der Waals surface area (Å²) in [4.78, 5) is 12.1. The molecule has 0 aliphatic rings. The Labute approximate surface area is 164 Å². The van der Waals surface area contributed by atoms with E-state index in [1.165, 1.54) is 35.2 Å². The number of methoxy groups -OCH3 is 1. The fourth-order valence-electron chi connectivity index (χ4n) is 2.22. The van der Waals surface area contributed by atoms with Gasteiger partial charge in [0.25, 0.3) is 0 Å². The maximum atomic E-state index is 13.3. The molecule has 9 heteroatoms. The molecule has 2 N–H and O–H groups in total. The quantitative estimate of drug-likeness (QED) is 0.566. The number of amides is 1. The van der Waals surface area contributed by atoms with Crippen LogP contribution in [0.1, 0.15) is 5.56 Å². The Kier molecular flexibility index (Phi) is 6.25. The molecule has 3 aromatic rings. The molecule has 0 fully saturated rings. The third-order valence-electron chi connectivity index (χ3n) is 3.56. The molecule has 0 aliphatic heterocycles. The van der Waals surface area contributed by atoms with E-state index >= 15 is 0 Å². The standard InChI is InChI=1S/C18H17FN4O2S2/c1-11-7-8-12(19)9-14(11)20-16(24)10-26-18-23-22-17(27-18)21-13-5-3-4-6-15(13)25-2/h3-9H,10H2,1-2H3,(H,20,24)(H,21,22). The van der Waals surface area contributed by atoms with Gasteiger partial charge in [-0.25, -0.2) is 4.39 Å². The van der Waals surface area contributed by atoms with Gasteiger partial charge in [0.15, 0.2) is 4.34 Å². The Bertz CT molecular complexity index is 949. The molecule has 0 unspecified atom stereocenters. The number of halogens is 1. The van der Waals surface area contributed by atoms with Crippen LogP contribution in [0.4, 0.5) is 20.9 Å². The number of ether oxygens (including phenoxy) is 1. The van der Waals surface area contributed by atoms with Gasteiger partial charge in [-0.15, -0.1) is 10.2 Å². The molecule has 0 atom stereocenters. The summed E-state index contributed by atoms with van der Waals surface area (Å²) >= 11 is 2.60. The topological polar surface area (TPSA) is 76.1 Å². The number of carbonyl (C=O) groups excluding carboxylic acids is 1. The Balaban J connectivity index is 1.56. The van der Waals surface area contributed by atoms with Crippen molar-refractivity contribution in [1.29, 1.82) is 0 Å². The Morgan fingerprint density at radius 1 is 1.22 bits per heavy atom. The van der Waals surface area contributed by atoms with Crippen LogP contribution in [0.15, 0.2) is 46.8 Å². The lowest BCUT2D eigenvalue weighted by molar-refractivity contribution is -0.113. The molecule has 0 bridgehead atoms. The average molecular weight is 404 g/mol. The number of nitrogens with zero attached hydrogens (tertiary/aromatic N) is 2. The second-order valence-electron chi connectivity index (χ2n) is 5.49. The first kappa shape index (κ1) is 19.1. The second-order valence-corrected chi connectivity index (χ2v) is 7.69. The minimum Gasteiger partial charge on any atom is -0.495 e. The fraction of sp³-hybridized carbons (Fsp3) is 0.167. The summed E-state index contributed by atoms with van der Waals surface area (Å²) in [5.41, 5.74) is 2.05. The molecule has 1 aromatic heterocycles. The summed E-state index contributed by atoms with van der Waals surface area (Å²) < 4.78 is 19.2. The van der Waals surface area contributed by atoms with Crippen LogP contribution < -0.4 is 15.4 Å². The molecule has 1 heterocycles.